The van der Waals surface area contributed by atoms with Crippen LogP contribution in [0.2, 0.25) is 0 Å². The van der Waals surface area contributed by atoms with E-state index < -0.39 is 0 Å². The van der Waals surface area contributed by atoms with Crippen molar-refractivity contribution in [1.82, 2.24) is 10.2 Å². The molecule has 1 aliphatic heterocycles. The maximum atomic E-state index is 12.7. The average molecular weight is 381 g/mol. The van der Waals surface area contributed by atoms with Gasteiger partial charge in [-0.2, -0.15) is 0 Å². The molecule has 2 N–H and O–H groups in total. The quantitative estimate of drug-likeness (QED) is 0.820. The number of hydrogen-bond donors (Lipinski definition) is 2. The Morgan fingerprint density at radius 3 is 2.57 bits per heavy atom. The Hall–Kier alpha value is -3.02. The molecular formula is C22H27N3O3. The first kappa shape index (κ1) is 19.7. The number of ether oxygens (including phenoxy) is 1. The van der Waals surface area contributed by atoms with Gasteiger partial charge in [-0.1, -0.05) is 13.0 Å². The SMILES string of the molecule is CCC(C)NC(=O)c1ccc(NC(=O)N2Cc3ccc(OC)cc3C2)c(C)c1. The summed E-state index contributed by atoms with van der Waals surface area (Å²) >= 11 is 0. The average Bonchev–Trinajstić information content (AvgIpc) is 3.12. The van der Waals surface area contributed by atoms with E-state index in [1.54, 1.807) is 30.2 Å². The number of anilines is 1. The maximum Gasteiger partial charge on any atom is 0.322 e. The summed E-state index contributed by atoms with van der Waals surface area (Å²) in [5.41, 5.74) is 4.38. The van der Waals surface area contributed by atoms with Gasteiger partial charge >= 0.3 is 6.03 Å². The number of fused-ring (bicyclic) bond motifs is 1. The molecule has 0 aromatic heterocycles. The van der Waals surface area contributed by atoms with Gasteiger partial charge in [0.15, 0.2) is 0 Å². The van der Waals surface area contributed by atoms with Crippen LogP contribution in [0.5, 0.6) is 5.75 Å². The lowest BCUT2D eigenvalue weighted by Crippen LogP contribution is -2.32. The zero-order valence-electron chi connectivity index (χ0n) is 16.8. The molecule has 6 nitrogen and oxygen atoms in total. The normalized spacial score (nSPS) is 13.6. The van der Waals surface area contributed by atoms with Crippen molar-refractivity contribution in [3.05, 3.63) is 58.7 Å². The molecule has 1 aliphatic rings. The molecule has 1 heterocycles. The predicted molar refractivity (Wildman–Crippen MR) is 110 cm³/mol. The first-order chi connectivity index (χ1) is 13.4. The smallest absolute Gasteiger partial charge is 0.322 e. The van der Waals surface area contributed by atoms with Crippen LogP contribution in [-0.4, -0.2) is 30.0 Å². The Kier molecular flexibility index (Phi) is 5.87. The molecule has 1 atom stereocenters. The molecule has 148 valence electrons. The van der Waals surface area contributed by atoms with Gasteiger partial charge in [0.25, 0.3) is 5.91 Å². The largest absolute Gasteiger partial charge is 0.497 e. The van der Waals surface area contributed by atoms with E-state index in [9.17, 15) is 9.59 Å². The van der Waals surface area contributed by atoms with Crippen molar-refractivity contribution in [1.29, 1.82) is 0 Å². The second-order valence-electron chi connectivity index (χ2n) is 7.23. The van der Waals surface area contributed by atoms with E-state index in [4.69, 9.17) is 4.74 Å². The molecule has 3 rings (SSSR count). The zero-order valence-corrected chi connectivity index (χ0v) is 16.8. The van der Waals surface area contributed by atoms with Crippen molar-refractivity contribution in [3.8, 4) is 5.75 Å². The van der Waals surface area contributed by atoms with Crippen LogP contribution in [0.4, 0.5) is 10.5 Å². The van der Waals surface area contributed by atoms with Gasteiger partial charge in [-0.3, -0.25) is 4.79 Å². The molecule has 0 bridgehead atoms. The lowest BCUT2D eigenvalue weighted by Gasteiger charge is -2.18. The van der Waals surface area contributed by atoms with Crippen molar-refractivity contribution < 1.29 is 14.3 Å². The van der Waals surface area contributed by atoms with E-state index in [0.29, 0.717) is 24.3 Å². The molecule has 0 aliphatic carbocycles. The number of amides is 3. The number of carbonyl (C=O) groups is 2. The van der Waals surface area contributed by atoms with Crippen LogP contribution in [-0.2, 0) is 13.1 Å². The number of carbonyl (C=O) groups excluding carboxylic acids is 2. The molecule has 0 spiro atoms. The molecule has 28 heavy (non-hydrogen) atoms. The maximum absolute atomic E-state index is 12.7. The van der Waals surface area contributed by atoms with Crippen LogP contribution in [0.15, 0.2) is 36.4 Å². The highest BCUT2D eigenvalue weighted by atomic mass is 16.5. The van der Waals surface area contributed by atoms with Crippen molar-refractivity contribution in [2.24, 2.45) is 0 Å². The van der Waals surface area contributed by atoms with Gasteiger partial charge < -0.3 is 20.3 Å². The third-order valence-corrected chi connectivity index (χ3v) is 5.14. The number of nitrogens with zero attached hydrogens (tertiary/aromatic N) is 1. The number of benzene rings is 2. The third kappa shape index (κ3) is 4.27. The number of nitrogens with one attached hydrogen (secondary N) is 2. The lowest BCUT2D eigenvalue weighted by molar-refractivity contribution is 0.0939. The first-order valence-electron chi connectivity index (χ1n) is 9.54. The van der Waals surface area contributed by atoms with Gasteiger partial charge in [0.05, 0.1) is 7.11 Å². The molecule has 1 unspecified atom stereocenters. The molecular weight excluding hydrogens is 354 g/mol. The van der Waals surface area contributed by atoms with E-state index >= 15 is 0 Å². The summed E-state index contributed by atoms with van der Waals surface area (Å²) in [5.74, 6) is 0.697. The Bertz CT molecular complexity index is 895. The van der Waals surface area contributed by atoms with Gasteiger partial charge in [0, 0.05) is 30.4 Å². The molecule has 0 saturated carbocycles. The van der Waals surface area contributed by atoms with Gasteiger partial charge in [-0.15, -0.1) is 0 Å². The third-order valence-electron chi connectivity index (χ3n) is 5.14. The highest BCUT2D eigenvalue weighted by Crippen LogP contribution is 2.27. The fourth-order valence-electron chi connectivity index (χ4n) is 3.19. The van der Waals surface area contributed by atoms with Crippen molar-refractivity contribution in [2.75, 3.05) is 12.4 Å². The summed E-state index contributed by atoms with van der Waals surface area (Å²) in [7, 11) is 1.64. The molecule has 6 heteroatoms. The molecule has 0 saturated heterocycles. The molecule has 3 amide bonds. The summed E-state index contributed by atoms with van der Waals surface area (Å²) < 4.78 is 5.26. The van der Waals surface area contributed by atoms with Gasteiger partial charge in [0.1, 0.15) is 5.75 Å². The summed E-state index contributed by atoms with van der Waals surface area (Å²) in [6.45, 7) is 7.01. The minimum absolute atomic E-state index is 0.0979. The van der Waals surface area contributed by atoms with E-state index in [-0.39, 0.29) is 18.0 Å². The van der Waals surface area contributed by atoms with Crippen molar-refractivity contribution in [3.63, 3.8) is 0 Å². The Balaban J connectivity index is 1.65. The van der Waals surface area contributed by atoms with E-state index in [1.165, 1.54) is 0 Å². The number of rotatable bonds is 5. The molecule has 2 aromatic rings. The minimum Gasteiger partial charge on any atom is -0.497 e. The van der Waals surface area contributed by atoms with Gasteiger partial charge in [-0.05, 0) is 67.3 Å². The highest BCUT2D eigenvalue weighted by Gasteiger charge is 2.24. The topological polar surface area (TPSA) is 70.7 Å². The molecule has 0 fully saturated rings. The van der Waals surface area contributed by atoms with Gasteiger partial charge in [-0.25, -0.2) is 4.79 Å². The van der Waals surface area contributed by atoms with Crippen LogP contribution in [0.25, 0.3) is 0 Å². The molecule has 0 radical (unpaired) electrons. The number of urea groups is 1. The highest BCUT2D eigenvalue weighted by molar-refractivity contribution is 5.96. The fraction of sp³-hybridized carbons (Fsp3) is 0.364. The predicted octanol–water partition coefficient (Wildman–Crippen LogP) is 4.08. The van der Waals surface area contributed by atoms with Crippen LogP contribution >= 0.6 is 0 Å². The molecule has 2 aromatic carbocycles. The van der Waals surface area contributed by atoms with E-state index in [2.05, 4.69) is 10.6 Å². The summed E-state index contributed by atoms with van der Waals surface area (Å²) in [6, 6.07) is 11.2. The number of methoxy groups -OCH3 is 1. The van der Waals surface area contributed by atoms with Crippen LogP contribution in [0.3, 0.4) is 0 Å². The van der Waals surface area contributed by atoms with E-state index in [1.807, 2.05) is 39.0 Å². The van der Waals surface area contributed by atoms with E-state index in [0.717, 1.165) is 28.9 Å². The standard InChI is InChI=1S/C22H27N3O3/c1-5-15(3)23-21(26)16-7-9-20(14(2)10-16)24-22(27)25-12-17-6-8-19(28-4)11-18(17)13-25/h6-11,15H,5,12-13H2,1-4H3,(H,23,26)(H,24,27). The second-order valence-corrected chi connectivity index (χ2v) is 7.23. The lowest BCUT2D eigenvalue weighted by atomic mass is 10.1. The Morgan fingerprint density at radius 1 is 1.14 bits per heavy atom. The first-order valence-corrected chi connectivity index (χ1v) is 9.54. The van der Waals surface area contributed by atoms with Crippen molar-refractivity contribution >= 4 is 17.6 Å². The van der Waals surface area contributed by atoms with Crippen molar-refractivity contribution in [2.45, 2.75) is 46.3 Å². The van der Waals surface area contributed by atoms with Gasteiger partial charge in [0.2, 0.25) is 0 Å². The summed E-state index contributed by atoms with van der Waals surface area (Å²) in [4.78, 5) is 26.7. The fourth-order valence-corrected chi connectivity index (χ4v) is 3.19. The summed E-state index contributed by atoms with van der Waals surface area (Å²) in [6.07, 6.45) is 0.878. The monoisotopic (exact) mass is 381 g/mol. The van der Waals surface area contributed by atoms with Crippen LogP contribution in [0.1, 0.15) is 47.3 Å². The van der Waals surface area contributed by atoms with Crippen LogP contribution in [0, 0.1) is 6.92 Å². The Morgan fingerprint density at radius 2 is 1.89 bits per heavy atom. The summed E-state index contributed by atoms with van der Waals surface area (Å²) in [5, 5.41) is 5.91. The zero-order chi connectivity index (χ0) is 20.3. The Labute approximate surface area is 165 Å². The number of hydrogen-bond acceptors (Lipinski definition) is 3. The number of aryl methyl sites for hydroxylation is 1. The second kappa shape index (κ2) is 8.33. The minimum atomic E-state index is -0.157. The van der Waals surface area contributed by atoms with Crippen LogP contribution < -0.4 is 15.4 Å².